The van der Waals surface area contributed by atoms with Crippen LogP contribution >= 0.6 is 0 Å². The number of halogens is 1. The van der Waals surface area contributed by atoms with Crippen molar-refractivity contribution in [3.05, 3.63) is 42.1 Å². The zero-order valence-electron chi connectivity index (χ0n) is 17.7. The van der Waals surface area contributed by atoms with Gasteiger partial charge in [0, 0.05) is 31.6 Å². The van der Waals surface area contributed by atoms with Gasteiger partial charge in [-0.1, -0.05) is 0 Å². The van der Waals surface area contributed by atoms with Crippen LogP contribution in [0.2, 0.25) is 0 Å². The Bertz CT molecular complexity index is 1290. The van der Waals surface area contributed by atoms with Crippen LogP contribution in [0, 0.1) is 5.82 Å². The maximum Gasteiger partial charge on any atom is 0.289 e. The van der Waals surface area contributed by atoms with E-state index in [1.54, 1.807) is 7.05 Å². The second-order valence-electron chi connectivity index (χ2n) is 7.71. The predicted octanol–water partition coefficient (Wildman–Crippen LogP) is 2.01. The summed E-state index contributed by atoms with van der Waals surface area (Å²) < 4.78 is 19.4. The molecule has 0 bridgehead atoms. The first-order valence-corrected chi connectivity index (χ1v) is 10.4. The topological polar surface area (TPSA) is 124 Å². The summed E-state index contributed by atoms with van der Waals surface area (Å²) in [5, 5.41) is 10.6. The summed E-state index contributed by atoms with van der Waals surface area (Å²) in [5.74, 6) is 0.524. The van der Waals surface area contributed by atoms with E-state index in [4.69, 9.17) is 9.40 Å². The molecular weight excluding hydrogens is 415 g/mol. The van der Waals surface area contributed by atoms with E-state index in [0.29, 0.717) is 28.6 Å². The molecular formula is C21H23FN8O2. The number of amides is 1. The summed E-state index contributed by atoms with van der Waals surface area (Å²) >= 11 is 0. The number of fused-ring (bicyclic) bond motifs is 3. The number of aromatic amines is 1. The van der Waals surface area contributed by atoms with E-state index < -0.39 is 5.91 Å². The van der Waals surface area contributed by atoms with Crippen molar-refractivity contribution in [1.29, 1.82) is 0 Å². The number of oxazole rings is 1. The lowest BCUT2D eigenvalue weighted by Crippen LogP contribution is -2.30. The quantitative estimate of drug-likeness (QED) is 0.360. The lowest BCUT2D eigenvalue weighted by molar-refractivity contribution is 0.0922. The van der Waals surface area contributed by atoms with Crippen molar-refractivity contribution in [3.63, 3.8) is 0 Å². The summed E-state index contributed by atoms with van der Waals surface area (Å²) in [6, 6.07) is 3.28. The minimum absolute atomic E-state index is 0.106. The third-order valence-electron chi connectivity index (χ3n) is 5.78. The highest BCUT2D eigenvalue weighted by molar-refractivity contribution is 6.14. The van der Waals surface area contributed by atoms with Gasteiger partial charge >= 0.3 is 0 Å². The average Bonchev–Trinajstić information content (AvgIpc) is 3.56. The van der Waals surface area contributed by atoms with Gasteiger partial charge in [-0.2, -0.15) is 0 Å². The molecule has 10 nitrogen and oxygen atoms in total. The molecule has 1 amide bonds. The van der Waals surface area contributed by atoms with Gasteiger partial charge in [0.15, 0.2) is 12.2 Å². The number of benzene rings is 1. The summed E-state index contributed by atoms with van der Waals surface area (Å²) in [5.41, 5.74) is 1.98. The van der Waals surface area contributed by atoms with Crippen LogP contribution in [0.1, 0.15) is 22.8 Å². The number of H-pyrrole nitrogens is 1. The number of anilines is 2. The van der Waals surface area contributed by atoms with Crippen molar-refractivity contribution in [1.82, 2.24) is 30.6 Å². The third kappa shape index (κ3) is 3.50. The molecule has 1 atom stereocenters. The molecule has 0 aliphatic carbocycles. The second kappa shape index (κ2) is 8.08. The van der Waals surface area contributed by atoms with E-state index in [9.17, 15) is 9.18 Å². The van der Waals surface area contributed by atoms with E-state index >= 15 is 0 Å². The zero-order valence-corrected chi connectivity index (χ0v) is 17.7. The fourth-order valence-corrected chi connectivity index (χ4v) is 4.16. The molecule has 1 aliphatic heterocycles. The zero-order chi connectivity index (χ0) is 22.2. The Morgan fingerprint density at radius 1 is 1.34 bits per heavy atom. The Labute approximate surface area is 182 Å². The van der Waals surface area contributed by atoms with Crippen LogP contribution in [0.5, 0.6) is 0 Å². The average molecular weight is 438 g/mol. The van der Waals surface area contributed by atoms with Gasteiger partial charge in [-0.25, -0.2) is 19.3 Å². The standard InChI is InChI=1S/C21H23FN8O2/c1-23-12-3-4-30(9-12)20-17-13-5-11(22)6-14(24-2)18(13)29-19(17)27-16(28-20)8-26-21(31)15-7-25-10-32-15/h5-7,10,12,23-24H,3-4,8-9H2,1-2H3,(H,26,31)(H,27,28,29). The van der Waals surface area contributed by atoms with Crippen LogP contribution in [-0.4, -0.2) is 59.1 Å². The smallest absolute Gasteiger partial charge is 0.289 e. The first-order valence-electron chi connectivity index (χ1n) is 10.4. The summed E-state index contributed by atoms with van der Waals surface area (Å²) in [7, 11) is 3.68. The van der Waals surface area contributed by atoms with E-state index in [1.807, 2.05) is 7.05 Å². The molecule has 5 rings (SSSR count). The Morgan fingerprint density at radius 2 is 2.22 bits per heavy atom. The van der Waals surface area contributed by atoms with Crippen molar-refractivity contribution in [3.8, 4) is 0 Å². The fourth-order valence-electron chi connectivity index (χ4n) is 4.16. The Kier molecular flexibility index (Phi) is 5.10. The number of hydrogen-bond donors (Lipinski definition) is 4. The molecule has 0 spiro atoms. The summed E-state index contributed by atoms with van der Waals surface area (Å²) in [6.07, 6.45) is 3.51. The largest absolute Gasteiger partial charge is 0.438 e. The molecule has 3 aromatic heterocycles. The lowest BCUT2D eigenvalue weighted by Gasteiger charge is -2.19. The van der Waals surface area contributed by atoms with E-state index in [-0.39, 0.29) is 18.1 Å². The number of carbonyl (C=O) groups is 1. The minimum atomic E-state index is -0.402. The molecule has 1 saturated heterocycles. The van der Waals surface area contributed by atoms with Gasteiger partial charge in [0.2, 0.25) is 5.76 Å². The van der Waals surface area contributed by atoms with Crippen LogP contribution in [0.3, 0.4) is 0 Å². The number of likely N-dealkylation sites (N-methyl/N-ethyl adjacent to an activating group) is 1. The maximum absolute atomic E-state index is 14.4. The van der Waals surface area contributed by atoms with Crippen LogP contribution in [0.15, 0.2) is 29.1 Å². The monoisotopic (exact) mass is 438 g/mol. The first-order chi connectivity index (χ1) is 15.6. The van der Waals surface area contributed by atoms with Crippen molar-refractivity contribution in [2.75, 3.05) is 37.4 Å². The number of nitrogens with zero attached hydrogens (tertiary/aromatic N) is 4. The molecule has 4 N–H and O–H groups in total. The van der Waals surface area contributed by atoms with E-state index in [0.717, 1.165) is 36.2 Å². The van der Waals surface area contributed by atoms with Gasteiger partial charge in [-0.3, -0.25) is 4.79 Å². The number of nitrogens with one attached hydrogen (secondary N) is 4. The summed E-state index contributed by atoms with van der Waals surface area (Å²) in [6.45, 7) is 1.68. The highest BCUT2D eigenvalue weighted by Crippen LogP contribution is 2.36. The third-order valence-corrected chi connectivity index (χ3v) is 5.78. The van der Waals surface area contributed by atoms with Crippen LogP contribution in [0.4, 0.5) is 15.9 Å². The van der Waals surface area contributed by atoms with Gasteiger partial charge in [-0.15, -0.1) is 0 Å². The van der Waals surface area contributed by atoms with Crippen molar-refractivity contribution < 1.29 is 13.6 Å². The molecule has 0 saturated carbocycles. The molecule has 0 radical (unpaired) electrons. The molecule has 4 aromatic rings. The fraction of sp³-hybridized carbons (Fsp3) is 0.333. The second-order valence-corrected chi connectivity index (χ2v) is 7.71. The van der Waals surface area contributed by atoms with Crippen LogP contribution in [-0.2, 0) is 6.54 Å². The minimum Gasteiger partial charge on any atom is -0.438 e. The molecule has 4 heterocycles. The highest BCUT2D eigenvalue weighted by Gasteiger charge is 2.27. The van der Waals surface area contributed by atoms with E-state index in [2.05, 4.69) is 35.8 Å². The van der Waals surface area contributed by atoms with Crippen molar-refractivity contribution >= 4 is 39.3 Å². The highest BCUT2D eigenvalue weighted by atomic mass is 19.1. The van der Waals surface area contributed by atoms with Crippen LogP contribution in [0.25, 0.3) is 21.9 Å². The van der Waals surface area contributed by atoms with Crippen LogP contribution < -0.4 is 20.9 Å². The molecule has 1 aliphatic rings. The summed E-state index contributed by atoms with van der Waals surface area (Å²) in [4.78, 5) is 30.9. The van der Waals surface area contributed by atoms with Gasteiger partial charge < -0.3 is 30.3 Å². The Hall–Kier alpha value is -3.73. The Balaban J connectivity index is 1.60. The molecule has 1 aromatic carbocycles. The van der Waals surface area contributed by atoms with Crippen molar-refractivity contribution in [2.45, 2.75) is 19.0 Å². The number of carbonyl (C=O) groups excluding carboxylic acids is 1. The molecule has 11 heteroatoms. The van der Waals surface area contributed by atoms with Gasteiger partial charge in [0.05, 0.1) is 29.3 Å². The maximum atomic E-state index is 14.4. The SMILES string of the molecule is CNc1cc(F)cc2c1[nH]c1nc(CNC(=O)c3cnco3)nc(N3CCC(NC)C3)c12. The number of rotatable bonds is 6. The molecule has 32 heavy (non-hydrogen) atoms. The molecule has 1 unspecified atom stereocenters. The van der Waals surface area contributed by atoms with Gasteiger partial charge in [0.1, 0.15) is 17.3 Å². The lowest BCUT2D eigenvalue weighted by atomic mass is 10.1. The predicted molar refractivity (Wildman–Crippen MR) is 118 cm³/mol. The molecule has 166 valence electrons. The van der Waals surface area contributed by atoms with Gasteiger partial charge in [-0.05, 0) is 25.6 Å². The normalized spacial score (nSPS) is 16.2. The van der Waals surface area contributed by atoms with Crippen molar-refractivity contribution in [2.24, 2.45) is 0 Å². The van der Waals surface area contributed by atoms with Gasteiger partial charge in [0.25, 0.3) is 5.91 Å². The molecule has 1 fully saturated rings. The number of hydrogen-bond acceptors (Lipinski definition) is 8. The number of aromatic nitrogens is 4. The Morgan fingerprint density at radius 3 is 2.94 bits per heavy atom. The van der Waals surface area contributed by atoms with E-state index in [1.165, 1.54) is 24.7 Å². The first kappa shape index (κ1) is 20.2.